The van der Waals surface area contributed by atoms with Crippen LogP contribution < -0.4 is 5.32 Å². The third kappa shape index (κ3) is 3.40. The molecule has 118 valence electrons. The van der Waals surface area contributed by atoms with Gasteiger partial charge in [0, 0.05) is 10.6 Å². The third-order valence-electron chi connectivity index (χ3n) is 3.22. The fraction of sp³-hybridized carbons (Fsp3) is 0.200. The fourth-order valence-corrected chi connectivity index (χ4v) is 2.80. The molecule has 0 fully saturated rings. The molecule has 3 rings (SSSR count). The summed E-state index contributed by atoms with van der Waals surface area (Å²) in [6, 6.07) is 6.71. The molecule has 1 amide bonds. The summed E-state index contributed by atoms with van der Waals surface area (Å²) in [5.74, 6) is 0.590. The molecular weight excluding hydrogens is 336 g/mol. The number of carbonyl (C=O) groups excluding carboxylic acids is 1. The smallest absolute Gasteiger partial charge is 0.263 e. The Balaban J connectivity index is 1.73. The lowest BCUT2D eigenvalue weighted by molar-refractivity contribution is 0.0941. The molecule has 1 aromatic carbocycles. The molecule has 1 N–H and O–H groups in total. The first-order valence-electron chi connectivity index (χ1n) is 6.85. The van der Waals surface area contributed by atoms with Gasteiger partial charge in [0.1, 0.15) is 4.88 Å². The van der Waals surface area contributed by atoms with Crippen molar-refractivity contribution in [2.24, 2.45) is 0 Å². The minimum atomic E-state index is -0.381. The van der Waals surface area contributed by atoms with E-state index in [0.29, 0.717) is 27.3 Å². The summed E-state index contributed by atoms with van der Waals surface area (Å²) in [6.45, 7) is 3.59. The number of hydrogen-bond acceptors (Lipinski definition) is 6. The second-order valence-corrected chi connectivity index (χ2v) is 6.22. The molecule has 0 aliphatic carbocycles. The lowest BCUT2D eigenvalue weighted by Crippen LogP contribution is -2.27. The van der Waals surface area contributed by atoms with E-state index in [2.05, 4.69) is 20.4 Å². The Labute approximate surface area is 141 Å². The van der Waals surface area contributed by atoms with E-state index in [1.807, 2.05) is 0 Å². The summed E-state index contributed by atoms with van der Waals surface area (Å²) < 4.78 is 5.24. The van der Waals surface area contributed by atoms with Gasteiger partial charge in [-0.15, -0.1) is 11.3 Å². The number of carbonyl (C=O) groups is 1. The Morgan fingerprint density at radius 2 is 2.09 bits per heavy atom. The van der Waals surface area contributed by atoms with Crippen molar-refractivity contribution >= 4 is 28.8 Å². The zero-order chi connectivity index (χ0) is 16.4. The van der Waals surface area contributed by atoms with Crippen LogP contribution in [0.2, 0.25) is 5.02 Å². The topological polar surface area (TPSA) is 80.9 Å². The van der Waals surface area contributed by atoms with Crippen molar-refractivity contribution in [3.8, 4) is 11.5 Å². The predicted molar refractivity (Wildman–Crippen MR) is 87.5 cm³/mol. The molecule has 0 bridgehead atoms. The predicted octanol–water partition coefficient (Wildman–Crippen LogP) is 3.65. The van der Waals surface area contributed by atoms with Crippen LogP contribution in [-0.4, -0.2) is 21.0 Å². The van der Waals surface area contributed by atoms with Crippen LogP contribution >= 0.6 is 22.9 Å². The highest BCUT2D eigenvalue weighted by molar-refractivity contribution is 7.11. The first kappa shape index (κ1) is 15.6. The van der Waals surface area contributed by atoms with Crippen molar-refractivity contribution in [2.75, 3.05) is 0 Å². The van der Waals surface area contributed by atoms with Gasteiger partial charge in [-0.25, -0.2) is 4.98 Å². The lowest BCUT2D eigenvalue weighted by atomic mass is 10.2. The van der Waals surface area contributed by atoms with Gasteiger partial charge in [-0.2, -0.15) is 4.98 Å². The number of benzene rings is 1. The van der Waals surface area contributed by atoms with Crippen molar-refractivity contribution in [2.45, 2.75) is 19.9 Å². The van der Waals surface area contributed by atoms with Gasteiger partial charge < -0.3 is 9.84 Å². The molecule has 0 spiro atoms. The molecule has 0 unspecified atom stereocenters. The number of halogens is 1. The van der Waals surface area contributed by atoms with E-state index >= 15 is 0 Å². The molecular formula is C15H13ClN4O2S. The van der Waals surface area contributed by atoms with Crippen molar-refractivity contribution in [1.29, 1.82) is 0 Å². The molecule has 0 saturated heterocycles. The summed E-state index contributed by atoms with van der Waals surface area (Å²) in [5.41, 5.74) is 3.11. The number of amides is 1. The standard InChI is InChI=1S/C15H13ClN4O2S/c1-8-12(23-7-17-8)14(21)18-9(2)13-19-15(22-20-13)10-3-5-11(16)6-4-10/h3-7,9H,1-2H3,(H,18,21)/t9-/m1/s1. The van der Waals surface area contributed by atoms with Gasteiger partial charge in [0.2, 0.25) is 0 Å². The molecule has 1 atom stereocenters. The van der Waals surface area contributed by atoms with Gasteiger partial charge in [0.05, 0.1) is 17.2 Å². The van der Waals surface area contributed by atoms with Crippen LogP contribution in [0.3, 0.4) is 0 Å². The Morgan fingerprint density at radius 1 is 1.35 bits per heavy atom. The summed E-state index contributed by atoms with van der Waals surface area (Å²) in [7, 11) is 0. The number of aromatic nitrogens is 3. The second-order valence-electron chi connectivity index (χ2n) is 4.93. The molecule has 2 aromatic heterocycles. The molecule has 0 radical (unpaired) electrons. The SMILES string of the molecule is Cc1ncsc1C(=O)N[C@H](C)c1noc(-c2ccc(Cl)cc2)n1. The van der Waals surface area contributed by atoms with Crippen LogP contribution in [0.1, 0.15) is 34.2 Å². The average molecular weight is 349 g/mol. The van der Waals surface area contributed by atoms with E-state index in [-0.39, 0.29) is 11.9 Å². The monoisotopic (exact) mass is 348 g/mol. The Morgan fingerprint density at radius 3 is 2.74 bits per heavy atom. The summed E-state index contributed by atoms with van der Waals surface area (Å²) in [6.07, 6.45) is 0. The molecule has 6 nitrogen and oxygen atoms in total. The van der Waals surface area contributed by atoms with E-state index in [1.54, 1.807) is 43.6 Å². The number of nitrogens with one attached hydrogen (secondary N) is 1. The highest BCUT2D eigenvalue weighted by atomic mass is 35.5. The van der Waals surface area contributed by atoms with Crippen molar-refractivity contribution in [1.82, 2.24) is 20.4 Å². The molecule has 23 heavy (non-hydrogen) atoms. The normalized spacial score (nSPS) is 12.1. The molecule has 3 aromatic rings. The minimum Gasteiger partial charge on any atom is -0.341 e. The number of hydrogen-bond donors (Lipinski definition) is 1. The van der Waals surface area contributed by atoms with Gasteiger partial charge in [0.15, 0.2) is 5.82 Å². The van der Waals surface area contributed by atoms with E-state index in [9.17, 15) is 4.79 Å². The number of thiazole rings is 1. The van der Waals surface area contributed by atoms with E-state index in [0.717, 1.165) is 5.56 Å². The zero-order valence-electron chi connectivity index (χ0n) is 12.4. The summed E-state index contributed by atoms with van der Waals surface area (Å²) >= 11 is 7.15. The van der Waals surface area contributed by atoms with Crippen molar-refractivity contribution in [3.63, 3.8) is 0 Å². The van der Waals surface area contributed by atoms with Gasteiger partial charge in [-0.1, -0.05) is 16.8 Å². The molecule has 0 aliphatic heterocycles. The Hall–Kier alpha value is -2.25. The maximum absolute atomic E-state index is 12.2. The van der Waals surface area contributed by atoms with Crippen molar-refractivity contribution < 1.29 is 9.32 Å². The fourth-order valence-electron chi connectivity index (χ4n) is 1.97. The summed E-state index contributed by atoms with van der Waals surface area (Å²) in [5, 5.41) is 7.40. The Kier molecular flexibility index (Phi) is 4.40. The highest BCUT2D eigenvalue weighted by Crippen LogP contribution is 2.21. The van der Waals surface area contributed by atoms with E-state index in [4.69, 9.17) is 16.1 Å². The average Bonchev–Trinajstić information content (AvgIpc) is 3.17. The van der Waals surface area contributed by atoms with Gasteiger partial charge in [0.25, 0.3) is 11.8 Å². The number of rotatable bonds is 4. The minimum absolute atomic E-state index is 0.199. The largest absolute Gasteiger partial charge is 0.341 e. The quantitative estimate of drug-likeness (QED) is 0.778. The Bertz CT molecular complexity index is 828. The van der Waals surface area contributed by atoms with Crippen LogP contribution in [0.5, 0.6) is 0 Å². The van der Waals surface area contributed by atoms with Gasteiger partial charge in [-0.05, 0) is 38.1 Å². The maximum atomic E-state index is 12.2. The highest BCUT2D eigenvalue weighted by Gasteiger charge is 2.19. The number of nitrogens with zero attached hydrogens (tertiary/aromatic N) is 3. The van der Waals surface area contributed by atoms with Crippen LogP contribution in [-0.2, 0) is 0 Å². The van der Waals surface area contributed by atoms with Crippen LogP contribution in [0, 0.1) is 6.92 Å². The molecule has 8 heteroatoms. The third-order valence-corrected chi connectivity index (χ3v) is 4.40. The first-order chi connectivity index (χ1) is 11.0. The van der Waals surface area contributed by atoms with Gasteiger partial charge >= 0.3 is 0 Å². The van der Waals surface area contributed by atoms with Crippen LogP contribution in [0.4, 0.5) is 0 Å². The van der Waals surface area contributed by atoms with Crippen molar-refractivity contribution in [3.05, 3.63) is 51.2 Å². The molecule has 2 heterocycles. The maximum Gasteiger partial charge on any atom is 0.263 e. The van der Waals surface area contributed by atoms with E-state index in [1.165, 1.54) is 11.3 Å². The molecule has 0 aliphatic rings. The second kappa shape index (κ2) is 6.47. The number of aryl methyl sites for hydroxylation is 1. The van der Waals surface area contributed by atoms with Crippen LogP contribution in [0.25, 0.3) is 11.5 Å². The van der Waals surface area contributed by atoms with E-state index < -0.39 is 0 Å². The van der Waals surface area contributed by atoms with Crippen LogP contribution in [0.15, 0.2) is 34.3 Å². The summed E-state index contributed by atoms with van der Waals surface area (Å²) in [4.78, 5) is 21.1. The zero-order valence-corrected chi connectivity index (χ0v) is 14.0. The van der Waals surface area contributed by atoms with Gasteiger partial charge in [-0.3, -0.25) is 4.79 Å². The first-order valence-corrected chi connectivity index (χ1v) is 8.11. The molecule has 0 saturated carbocycles. The lowest BCUT2D eigenvalue weighted by Gasteiger charge is -2.08.